The lowest BCUT2D eigenvalue weighted by Crippen LogP contribution is -2.54. The molecule has 9 heteroatoms. The number of piperidine rings is 1. The van der Waals surface area contributed by atoms with Crippen LogP contribution in [-0.4, -0.2) is 44.6 Å². The molecule has 0 aromatic carbocycles. The summed E-state index contributed by atoms with van der Waals surface area (Å²) in [5.74, 6) is -0.223. The molecule has 142 valence electrons. The smallest absolute Gasteiger partial charge is 0.251 e. The number of rotatable bonds is 3. The number of likely N-dealkylation sites (tertiary alicyclic amines) is 1. The number of carbonyl (C=O) groups is 2. The van der Waals surface area contributed by atoms with E-state index in [1.165, 1.54) is 17.4 Å². The summed E-state index contributed by atoms with van der Waals surface area (Å²) in [6, 6.07) is 4.48. The first-order valence-electron chi connectivity index (χ1n) is 8.97. The lowest BCUT2D eigenvalue weighted by atomic mass is 9.78. The molecule has 2 aromatic heterocycles. The first-order valence-corrected chi connectivity index (χ1v) is 9.79. The van der Waals surface area contributed by atoms with Crippen molar-refractivity contribution in [3.05, 3.63) is 44.3 Å². The number of pyridine rings is 1. The SMILES string of the molecule is CC(=O)N1C[C@H]2C[C@@H](C1)[C@H](C(=O)NCc1nnc(C)s1)n1c2cccc1=O. The van der Waals surface area contributed by atoms with Crippen LogP contribution in [0, 0.1) is 12.8 Å². The number of carbonyl (C=O) groups excluding carboxylic acids is 2. The van der Waals surface area contributed by atoms with Gasteiger partial charge in [0.1, 0.15) is 16.1 Å². The van der Waals surface area contributed by atoms with Crippen LogP contribution < -0.4 is 10.9 Å². The van der Waals surface area contributed by atoms with Crippen LogP contribution >= 0.6 is 11.3 Å². The summed E-state index contributed by atoms with van der Waals surface area (Å²) < 4.78 is 1.62. The third-order valence-electron chi connectivity index (χ3n) is 5.34. The summed E-state index contributed by atoms with van der Waals surface area (Å²) in [5.41, 5.74) is 0.655. The molecule has 0 unspecified atom stereocenters. The van der Waals surface area contributed by atoms with Gasteiger partial charge < -0.3 is 10.2 Å². The number of fused-ring (bicyclic) bond motifs is 4. The topological polar surface area (TPSA) is 97.2 Å². The molecule has 1 N–H and O–H groups in total. The lowest BCUT2D eigenvalue weighted by molar-refractivity contribution is -0.135. The molecular formula is C18H21N5O3S. The number of hydrogen-bond acceptors (Lipinski definition) is 6. The minimum atomic E-state index is -0.624. The third kappa shape index (κ3) is 3.27. The van der Waals surface area contributed by atoms with E-state index in [1.807, 2.05) is 13.0 Å². The van der Waals surface area contributed by atoms with Crippen LogP contribution in [0.25, 0.3) is 0 Å². The van der Waals surface area contributed by atoms with E-state index in [4.69, 9.17) is 0 Å². The van der Waals surface area contributed by atoms with Crippen molar-refractivity contribution in [3.63, 3.8) is 0 Å². The fourth-order valence-corrected chi connectivity index (χ4v) is 4.85. The molecular weight excluding hydrogens is 366 g/mol. The van der Waals surface area contributed by atoms with E-state index < -0.39 is 6.04 Å². The van der Waals surface area contributed by atoms with E-state index in [2.05, 4.69) is 15.5 Å². The molecule has 4 heterocycles. The van der Waals surface area contributed by atoms with Crippen molar-refractivity contribution in [3.8, 4) is 0 Å². The predicted molar refractivity (Wildman–Crippen MR) is 99.3 cm³/mol. The molecule has 2 aliphatic heterocycles. The van der Waals surface area contributed by atoms with E-state index in [-0.39, 0.29) is 35.8 Å². The predicted octanol–water partition coefficient (Wildman–Crippen LogP) is 0.831. The Morgan fingerprint density at radius 3 is 2.81 bits per heavy atom. The van der Waals surface area contributed by atoms with Gasteiger partial charge in [0.25, 0.3) is 5.56 Å². The van der Waals surface area contributed by atoms with Crippen molar-refractivity contribution in [1.82, 2.24) is 25.0 Å². The first kappa shape index (κ1) is 17.8. The molecule has 2 aliphatic rings. The van der Waals surface area contributed by atoms with Crippen LogP contribution in [0.2, 0.25) is 0 Å². The van der Waals surface area contributed by atoms with Gasteiger partial charge in [-0.1, -0.05) is 17.4 Å². The van der Waals surface area contributed by atoms with E-state index >= 15 is 0 Å². The Bertz CT molecular complexity index is 952. The molecule has 0 aliphatic carbocycles. The van der Waals surface area contributed by atoms with Gasteiger partial charge in [0.05, 0.1) is 6.54 Å². The summed E-state index contributed by atoms with van der Waals surface area (Å²) in [4.78, 5) is 39.4. The van der Waals surface area contributed by atoms with Crippen LogP contribution in [0.15, 0.2) is 23.0 Å². The van der Waals surface area contributed by atoms with Crippen molar-refractivity contribution in [2.75, 3.05) is 13.1 Å². The van der Waals surface area contributed by atoms with Crippen molar-refractivity contribution in [2.45, 2.75) is 38.8 Å². The van der Waals surface area contributed by atoms with E-state index in [9.17, 15) is 14.4 Å². The second-order valence-electron chi connectivity index (χ2n) is 7.15. The maximum absolute atomic E-state index is 13.1. The highest BCUT2D eigenvalue weighted by atomic mass is 32.1. The summed E-state index contributed by atoms with van der Waals surface area (Å²) in [6.07, 6.45) is 0.795. The van der Waals surface area contributed by atoms with Gasteiger partial charge in [0.2, 0.25) is 11.8 Å². The Morgan fingerprint density at radius 2 is 2.11 bits per heavy atom. The van der Waals surface area contributed by atoms with E-state index in [0.717, 1.165) is 22.1 Å². The number of nitrogens with one attached hydrogen (secondary N) is 1. The van der Waals surface area contributed by atoms with Gasteiger partial charge in [0, 0.05) is 43.6 Å². The number of aromatic nitrogens is 3. The van der Waals surface area contributed by atoms with E-state index in [0.29, 0.717) is 13.1 Å². The zero-order valence-electron chi connectivity index (χ0n) is 15.2. The quantitative estimate of drug-likeness (QED) is 0.841. The molecule has 4 rings (SSSR count). The zero-order chi connectivity index (χ0) is 19.1. The number of nitrogens with zero attached hydrogens (tertiary/aromatic N) is 4. The molecule has 0 saturated carbocycles. The Hall–Kier alpha value is -2.55. The largest absolute Gasteiger partial charge is 0.348 e. The third-order valence-corrected chi connectivity index (χ3v) is 6.18. The molecule has 2 bridgehead atoms. The Kier molecular flexibility index (Phi) is 4.55. The molecule has 1 fully saturated rings. The maximum Gasteiger partial charge on any atom is 0.251 e. The molecule has 2 amide bonds. The molecule has 8 nitrogen and oxygen atoms in total. The highest BCUT2D eigenvalue weighted by Crippen LogP contribution is 2.41. The van der Waals surface area contributed by atoms with Crippen molar-refractivity contribution >= 4 is 23.2 Å². The zero-order valence-corrected chi connectivity index (χ0v) is 16.0. The number of amides is 2. The van der Waals surface area contributed by atoms with Gasteiger partial charge in [-0.2, -0.15) is 0 Å². The Morgan fingerprint density at radius 1 is 1.30 bits per heavy atom. The molecule has 0 spiro atoms. The molecule has 0 radical (unpaired) electrons. The lowest BCUT2D eigenvalue weighted by Gasteiger charge is -2.46. The standard InChI is InChI=1S/C18H21N5O3S/c1-10-20-21-15(27-10)7-19-18(26)17-13-6-12(8-22(9-13)11(2)24)14-4-3-5-16(25)23(14)17/h3-5,12-13,17H,6-9H2,1-2H3,(H,19,26)/t12-,13+,17-/m1/s1. The van der Waals surface area contributed by atoms with Crippen molar-refractivity contribution < 1.29 is 9.59 Å². The van der Waals surface area contributed by atoms with Gasteiger partial charge in [0.15, 0.2) is 0 Å². The summed E-state index contributed by atoms with van der Waals surface area (Å²) in [6.45, 7) is 4.77. The van der Waals surface area contributed by atoms with Crippen LogP contribution in [0.5, 0.6) is 0 Å². The summed E-state index contributed by atoms with van der Waals surface area (Å²) in [5, 5.41) is 12.4. The minimum Gasteiger partial charge on any atom is -0.348 e. The second kappa shape index (κ2) is 6.88. The van der Waals surface area contributed by atoms with Crippen LogP contribution in [0.1, 0.15) is 41.0 Å². The normalized spacial score (nSPS) is 23.6. The van der Waals surface area contributed by atoms with Crippen LogP contribution in [0.3, 0.4) is 0 Å². The van der Waals surface area contributed by atoms with Gasteiger partial charge in [-0.3, -0.25) is 19.0 Å². The van der Waals surface area contributed by atoms with Gasteiger partial charge in [-0.15, -0.1) is 10.2 Å². The summed E-state index contributed by atoms with van der Waals surface area (Å²) in [7, 11) is 0. The van der Waals surface area contributed by atoms with E-state index in [1.54, 1.807) is 22.5 Å². The maximum atomic E-state index is 13.1. The fourth-order valence-electron chi connectivity index (χ4n) is 4.20. The van der Waals surface area contributed by atoms with Gasteiger partial charge in [-0.05, 0) is 19.4 Å². The highest BCUT2D eigenvalue weighted by molar-refractivity contribution is 7.11. The van der Waals surface area contributed by atoms with Crippen molar-refractivity contribution in [2.24, 2.45) is 5.92 Å². The van der Waals surface area contributed by atoms with Crippen LogP contribution in [0.4, 0.5) is 0 Å². The fraction of sp³-hybridized carbons (Fsp3) is 0.500. The molecule has 3 atom stereocenters. The molecule has 2 aromatic rings. The average molecular weight is 387 g/mol. The Labute approximate surface area is 160 Å². The minimum absolute atomic E-state index is 0.0000728. The second-order valence-corrected chi connectivity index (χ2v) is 8.42. The average Bonchev–Trinajstić information content (AvgIpc) is 3.06. The monoisotopic (exact) mass is 387 g/mol. The Balaban J connectivity index is 1.65. The van der Waals surface area contributed by atoms with Crippen LogP contribution in [-0.2, 0) is 16.1 Å². The highest BCUT2D eigenvalue weighted by Gasteiger charge is 2.44. The van der Waals surface area contributed by atoms with Crippen molar-refractivity contribution in [1.29, 1.82) is 0 Å². The summed E-state index contributed by atoms with van der Waals surface area (Å²) >= 11 is 1.43. The number of hydrogen-bond donors (Lipinski definition) is 1. The van der Waals surface area contributed by atoms with Gasteiger partial charge >= 0.3 is 0 Å². The number of aryl methyl sites for hydroxylation is 1. The molecule has 1 saturated heterocycles. The molecule has 27 heavy (non-hydrogen) atoms. The first-order chi connectivity index (χ1) is 12.9. The van der Waals surface area contributed by atoms with Gasteiger partial charge in [-0.25, -0.2) is 0 Å².